The Morgan fingerprint density at radius 3 is 1.81 bits per heavy atom. The minimum absolute atomic E-state index is 0.232. The molecule has 1 unspecified atom stereocenters. The van der Waals surface area contributed by atoms with Gasteiger partial charge in [0, 0.05) is 12.0 Å². The van der Waals surface area contributed by atoms with Gasteiger partial charge in [0.05, 0.1) is 0 Å². The molecule has 0 aliphatic rings. The molecule has 0 saturated carbocycles. The molecule has 0 bridgehead atoms. The summed E-state index contributed by atoms with van der Waals surface area (Å²) in [5.74, 6) is -0.320. The monoisotopic (exact) mass is 358 g/mol. The van der Waals surface area contributed by atoms with Gasteiger partial charge in [-0.2, -0.15) is 0 Å². The van der Waals surface area contributed by atoms with Gasteiger partial charge in [-0.15, -0.1) is 0 Å². The summed E-state index contributed by atoms with van der Waals surface area (Å²) in [6, 6.07) is 0. The number of rotatable bonds is 11. The van der Waals surface area contributed by atoms with Crippen LogP contribution in [0.4, 0.5) is 0 Å². The Labute approximate surface area is 161 Å². The molecule has 26 heavy (non-hydrogen) atoms. The number of hydrogen-bond acceptors (Lipinski definition) is 2. The minimum atomic E-state index is -0.320. The van der Waals surface area contributed by atoms with Crippen molar-refractivity contribution >= 4 is 5.97 Å². The molecule has 0 amide bonds. The molecule has 2 nitrogen and oxygen atoms in total. The average molecular weight is 359 g/mol. The van der Waals surface area contributed by atoms with E-state index in [4.69, 9.17) is 4.74 Å². The van der Waals surface area contributed by atoms with E-state index in [1.807, 2.05) is 0 Å². The fraction of sp³-hybridized carbons (Fsp3) is 0.542. The van der Waals surface area contributed by atoms with Crippen LogP contribution in [0.3, 0.4) is 0 Å². The average Bonchev–Trinajstić information content (AvgIpc) is 2.51. The molecule has 0 fully saturated rings. The van der Waals surface area contributed by atoms with Crippen LogP contribution in [0, 0.1) is 0 Å². The zero-order valence-corrected chi connectivity index (χ0v) is 17.9. The summed E-state index contributed by atoms with van der Waals surface area (Å²) in [5.41, 5.74) is 5.70. The lowest BCUT2D eigenvalue weighted by atomic mass is 10.0. The summed E-state index contributed by atoms with van der Waals surface area (Å²) in [6.07, 6.45) is 13.3. The second kappa shape index (κ2) is 13.4. The van der Waals surface area contributed by atoms with Crippen LogP contribution < -0.4 is 0 Å². The first-order valence-corrected chi connectivity index (χ1v) is 9.58. The molecule has 0 aromatic rings. The zero-order chi connectivity index (χ0) is 20.1. The molecule has 0 heterocycles. The molecule has 2 heteroatoms. The summed E-state index contributed by atoms with van der Waals surface area (Å²) in [6.45, 7) is 18.1. The van der Waals surface area contributed by atoms with Crippen LogP contribution in [-0.4, -0.2) is 12.1 Å². The number of carbonyl (C=O) groups is 1. The fourth-order valence-corrected chi connectivity index (χ4v) is 2.39. The van der Waals surface area contributed by atoms with E-state index in [1.165, 1.54) is 22.3 Å². The van der Waals surface area contributed by atoms with Crippen molar-refractivity contribution < 1.29 is 9.53 Å². The van der Waals surface area contributed by atoms with E-state index in [0.717, 1.165) is 25.7 Å². The van der Waals surface area contributed by atoms with E-state index in [1.54, 1.807) is 6.92 Å². The van der Waals surface area contributed by atoms with Crippen molar-refractivity contribution in [2.24, 2.45) is 0 Å². The van der Waals surface area contributed by atoms with Gasteiger partial charge >= 0.3 is 5.97 Å². The van der Waals surface area contributed by atoms with Crippen molar-refractivity contribution in [1.82, 2.24) is 0 Å². The fourth-order valence-electron chi connectivity index (χ4n) is 2.39. The Morgan fingerprint density at radius 2 is 1.35 bits per heavy atom. The molecule has 0 aliphatic carbocycles. The highest BCUT2D eigenvalue weighted by molar-refractivity contribution is 5.87. The lowest BCUT2D eigenvalue weighted by Gasteiger charge is -2.15. The topological polar surface area (TPSA) is 26.3 Å². The molecule has 0 rings (SSSR count). The van der Waals surface area contributed by atoms with Crippen molar-refractivity contribution in [2.45, 2.75) is 86.7 Å². The maximum atomic E-state index is 11.9. The molecule has 0 aliphatic heterocycles. The summed E-state index contributed by atoms with van der Waals surface area (Å²) in [7, 11) is 0. The predicted molar refractivity (Wildman–Crippen MR) is 114 cm³/mol. The second-order valence-corrected chi connectivity index (χ2v) is 7.66. The van der Waals surface area contributed by atoms with Gasteiger partial charge in [0.15, 0.2) is 0 Å². The first-order valence-electron chi connectivity index (χ1n) is 9.58. The minimum Gasteiger partial charge on any atom is -0.454 e. The van der Waals surface area contributed by atoms with Gasteiger partial charge in [0.25, 0.3) is 0 Å². The molecule has 0 spiro atoms. The quantitative estimate of drug-likeness (QED) is 0.221. The third-order valence-electron chi connectivity index (χ3n) is 3.96. The van der Waals surface area contributed by atoms with Crippen molar-refractivity contribution in [1.29, 1.82) is 0 Å². The first-order chi connectivity index (χ1) is 12.1. The smallest absolute Gasteiger partial charge is 0.333 e. The summed E-state index contributed by atoms with van der Waals surface area (Å²) >= 11 is 0. The summed E-state index contributed by atoms with van der Waals surface area (Å²) in [4.78, 5) is 11.9. The largest absolute Gasteiger partial charge is 0.454 e. The van der Waals surface area contributed by atoms with Gasteiger partial charge in [0.1, 0.15) is 6.10 Å². The third kappa shape index (κ3) is 13.5. The Kier molecular flexibility index (Phi) is 12.4. The standard InChI is InChI=1S/C24H38O2/c1-18(2)11-9-13-21(7)15-16-23(26-24(25)20(5)6)17-22(8)14-10-12-19(3)4/h11-12,15,17,23H,5,9-10,13-14,16H2,1-4,6-8H3. The van der Waals surface area contributed by atoms with Crippen LogP contribution in [0.15, 0.2) is 58.7 Å². The van der Waals surface area contributed by atoms with Crippen LogP contribution in [0.5, 0.6) is 0 Å². The predicted octanol–water partition coefficient (Wildman–Crippen LogP) is 7.25. The SMILES string of the molecule is C=C(C)C(=O)OC(C=C(C)CCC=C(C)C)CC=C(C)CCC=C(C)C. The van der Waals surface area contributed by atoms with E-state index >= 15 is 0 Å². The van der Waals surface area contributed by atoms with Crippen LogP contribution in [0.25, 0.3) is 0 Å². The molecule has 0 N–H and O–H groups in total. The van der Waals surface area contributed by atoms with E-state index in [2.05, 4.69) is 72.4 Å². The van der Waals surface area contributed by atoms with E-state index < -0.39 is 0 Å². The zero-order valence-electron chi connectivity index (χ0n) is 17.9. The number of allylic oxidation sites excluding steroid dienone is 6. The number of carbonyl (C=O) groups excluding carboxylic acids is 1. The first kappa shape index (κ1) is 24.2. The number of esters is 1. The molecule has 1 atom stereocenters. The van der Waals surface area contributed by atoms with Crippen molar-refractivity contribution in [3.63, 3.8) is 0 Å². The molecular formula is C24H38O2. The Bertz CT molecular complexity index is 577. The Morgan fingerprint density at radius 1 is 0.846 bits per heavy atom. The lowest BCUT2D eigenvalue weighted by molar-refractivity contribution is -0.141. The van der Waals surface area contributed by atoms with E-state index in [-0.39, 0.29) is 12.1 Å². The lowest BCUT2D eigenvalue weighted by Crippen LogP contribution is -2.16. The van der Waals surface area contributed by atoms with Gasteiger partial charge in [-0.1, -0.05) is 47.1 Å². The molecule has 0 radical (unpaired) electrons. The highest BCUT2D eigenvalue weighted by Gasteiger charge is 2.12. The van der Waals surface area contributed by atoms with Crippen LogP contribution >= 0.6 is 0 Å². The molecule has 0 aromatic carbocycles. The molecule has 0 aromatic heterocycles. The van der Waals surface area contributed by atoms with Gasteiger partial charge in [-0.25, -0.2) is 4.79 Å². The summed E-state index contributed by atoms with van der Waals surface area (Å²) < 4.78 is 5.62. The normalized spacial score (nSPS) is 13.0. The van der Waals surface area contributed by atoms with Gasteiger partial charge in [-0.05, 0) is 80.2 Å². The van der Waals surface area contributed by atoms with Crippen molar-refractivity contribution in [3.8, 4) is 0 Å². The van der Waals surface area contributed by atoms with Crippen LogP contribution in [0.2, 0.25) is 0 Å². The van der Waals surface area contributed by atoms with E-state index in [0.29, 0.717) is 12.0 Å². The maximum absolute atomic E-state index is 11.9. The second-order valence-electron chi connectivity index (χ2n) is 7.66. The van der Waals surface area contributed by atoms with Gasteiger partial charge in [0.2, 0.25) is 0 Å². The molecular weight excluding hydrogens is 320 g/mol. The molecule has 146 valence electrons. The highest BCUT2D eigenvalue weighted by atomic mass is 16.5. The molecule has 0 saturated heterocycles. The van der Waals surface area contributed by atoms with Crippen LogP contribution in [0.1, 0.15) is 80.6 Å². The maximum Gasteiger partial charge on any atom is 0.333 e. The van der Waals surface area contributed by atoms with Gasteiger partial charge < -0.3 is 4.74 Å². The Balaban J connectivity index is 4.93. The summed E-state index contributed by atoms with van der Waals surface area (Å²) in [5, 5.41) is 0. The Hall–Kier alpha value is -1.83. The number of ether oxygens (including phenoxy) is 1. The number of hydrogen-bond donors (Lipinski definition) is 0. The van der Waals surface area contributed by atoms with Crippen molar-refractivity contribution in [2.75, 3.05) is 0 Å². The van der Waals surface area contributed by atoms with E-state index in [9.17, 15) is 4.79 Å². The third-order valence-corrected chi connectivity index (χ3v) is 3.96. The van der Waals surface area contributed by atoms with Crippen LogP contribution in [-0.2, 0) is 9.53 Å². The van der Waals surface area contributed by atoms with Crippen molar-refractivity contribution in [3.05, 3.63) is 58.7 Å². The highest BCUT2D eigenvalue weighted by Crippen LogP contribution is 2.15. The van der Waals surface area contributed by atoms with Gasteiger partial charge in [-0.3, -0.25) is 0 Å².